The molecule has 0 aliphatic heterocycles. The van der Waals surface area contributed by atoms with Gasteiger partial charge in [-0.25, -0.2) is 0 Å². The van der Waals surface area contributed by atoms with Crippen molar-refractivity contribution in [2.24, 2.45) is 0 Å². The maximum absolute atomic E-state index is 6.49. The fourth-order valence-electron chi connectivity index (χ4n) is 2.61. The molecule has 0 aromatic heterocycles. The predicted octanol–water partition coefficient (Wildman–Crippen LogP) is 7.81. The molecule has 0 radical (unpaired) electrons. The average Bonchev–Trinajstić information content (AvgIpc) is 2.51. The van der Waals surface area contributed by atoms with Crippen LogP contribution in [0.3, 0.4) is 0 Å². The molecule has 0 atom stereocenters. The topological polar surface area (TPSA) is 37.4 Å². The Hall–Kier alpha value is -0.272. The molecule has 0 saturated heterocycles. The molecule has 2 aromatic rings. The summed E-state index contributed by atoms with van der Waals surface area (Å²) in [5.41, 5.74) is 4.44. The molecule has 0 amide bonds. The Morgan fingerprint density at radius 1 is 0.731 bits per heavy atom. The molecule has 26 heavy (non-hydrogen) atoms. The van der Waals surface area contributed by atoms with E-state index < -0.39 is 34.0 Å². The van der Waals surface area contributed by atoms with Gasteiger partial charge in [-0.05, 0) is 13.8 Å². The van der Waals surface area contributed by atoms with E-state index in [4.69, 9.17) is 32.7 Å². The summed E-state index contributed by atoms with van der Waals surface area (Å²) in [6.07, 6.45) is 0. The molecule has 0 saturated carbocycles. The molecule has 0 N–H and O–H groups in total. The summed E-state index contributed by atoms with van der Waals surface area (Å²) in [4.78, 5) is 9.86. The van der Waals surface area contributed by atoms with Crippen molar-refractivity contribution in [3.8, 4) is 0 Å². The monoisotopic (exact) mass is 460 g/mol. The van der Waals surface area contributed by atoms with E-state index in [0.717, 1.165) is 11.4 Å². The van der Waals surface area contributed by atoms with Crippen molar-refractivity contribution in [3.63, 3.8) is 0 Å². The molecular formula is C18H26Cl2N2OSi2Ti-2. The van der Waals surface area contributed by atoms with Crippen molar-refractivity contribution >= 4 is 46.9 Å². The quantitative estimate of drug-likeness (QED) is 0.404. The van der Waals surface area contributed by atoms with E-state index in [1.807, 2.05) is 24.3 Å². The number of rotatable bonds is 6. The Morgan fingerprint density at radius 3 is 1.35 bits per heavy atom. The van der Waals surface area contributed by atoms with Crippen LogP contribution < -0.4 is 0 Å². The van der Waals surface area contributed by atoms with Crippen LogP contribution in [0, 0.1) is 13.8 Å². The Balaban J connectivity index is 0.00000105. The van der Waals surface area contributed by atoms with Crippen LogP contribution in [0.4, 0.5) is 11.4 Å². The Kier molecular flexibility index (Phi) is 9.97. The van der Waals surface area contributed by atoms with E-state index in [1.165, 1.54) is 11.1 Å². The average molecular weight is 461 g/mol. The second-order valence-electron chi connectivity index (χ2n) is 6.86. The minimum atomic E-state index is -2.19. The molecule has 142 valence electrons. The van der Waals surface area contributed by atoms with E-state index in [9.17, 15) is 0 Å². The fraction of sp³-hybridized carbons (Fsp3) is 0.333. The second-order valence-corrected chi connectivity index (χ2v) is 16.5. The van der Waals surface area contributed by atoms with Gasteiger partial charge in [0.15, 0.2) is 0 Å². The third-order valence-electron chi connectivity index (χ3n) is 3.51. The zero-order chi connectivity index (χ0) is 19.8. The summed E-state index contributed by atoms with van der Waals surface area (Å²) in [6, 6.07) is 16.4. The van der Waals surface area contributed by atoms with Gasteiger partial charge in [0, 0.05) is 0 Å². The van der Waals surface area contributed by atoms with E-state index in [0.29, 0.717) is 0 Å². The van der Waals surface area contributed by atoms with Gasteiger partial charge in [0.1, 0.15) is 0 Å². The van der Waals surface area contributed by atoms with Crippen LogP contribution in [-0.4, -0.2) is 17.0 Å². The van der Waals surface area contributed by atoms with E-state index in [2.05, 4.69) is 64.3 Å². The van der Waals surface area contributed by atoms with Gasteiger partial charge >= 0.3 is 35.6 Å². The first-order valence-corrected chi connectivity index (χ1v) is 18.3. The number of benzene rings is 2. The Labute approximate surface area is 176 Å². The van der Waals surface area contributed by atoms with Gasteiger partial charge in [0.2, 0.25) is 0 Å². The van der Waals surface area contributed by atoms with Gasteiger partial charge in [-0.2, -0.15) is 0 Å². The molecule has 0 spiro atoms. The predicted molar refractivity (Wildman–Crippen MR) is 116 cm³/mol. The molecule has 0 heterocycles. The third-order valence-corrected chi connectivity index (χ3v) is 9.06. The number of aryl methyl sites for hydroxylation is 2. The first-order valence-electron chi connectivity index (χ1n) is 8.34. The summed E-state index contributed by atoms with van der Waals surface area (Å²) in [5, 5.41) is 0. The molecule has 8 heteroatoms. The van der Waals surface area contributed by atoms with Crippen molar-refractivity contribution in [3.05, 3.63) is 69.6 Å². The van der Waals surface area contributed by atoms with E-state index in [-0.39, 0.29) is 0 Å². The standard InChI is InChI=1S/C18H26N2OSi2.2ClH.Ti/c1-15-11-7-9-13-17(15)19-22(3,4)21-23(5,6)20-18-14-10-8-12-16(18)2;;;/h7-14H,1-6H3;2*1H;/q-2;;;+2/p-2. The van der Waals surface area contributed by atoms with Gasteiger partial charge in [0.25, 0.3) is 0 Å². The molecule has 2 aromatic carbocycles. The van der Waals surface area contributed by atoms with Crippen LogP contribution in [-0.2, 0) is 21.1 Å². The van der Waals surface area contributed by atoms with Crippen molar-refractivity contribution in [2.45, 2.75) is 40.0 Å². The summed E-state index contributed by atoms with van der Waals surface area (Å²) in [5.74, 6) is 0. The minimum absolute atomic E-state index is 0.556. The summed E-state index contributed by atoms with van der Waals surface area (Å²) >= 11 is -0.556. The van der Waals surface area contributed by atoms with Gasteiger partial charge in [0.05, 0.1) is 17.0 Å². The fourth-order valence-corrected chi connectivity index (χ4v) is 9.53. The SMILES string of the molecule is Cc1ccccc1[N-][Si](C)(C)O[Si](C)(C)[N-]c1ccccc1C.[Cl][Ti][Cl]. The van der Waals surface area contributed by atoms with Gasteiger partial charge in [-0.1, -0.05) is 85.8 Å². The number of nitrogens with zero attached hydrogens (tertiary/aromatic N) is 2. The van der Waals surface area contributed by atoms with Gasteiger partial charge in [-0.3, -0.25) is 0 Å². The summed E-state index contributed by atoms with van der Waals surface area (Å²) < 4.78 is 6.49. The molecule has 0 fully saturated rings. The first kappa shape index (κ1) is 23.8. The van der Waals surface area contributed by atoms with E-state index >= 15 is 0 Å². The molecule has 2 rings (SSSR count). The third kappa shape index (κ3) is 8.61. The van der Waals surface area contributed by atoms with Crippen molar-refractivity contribution in [1.82, 2.24) is 0 Å². The number of hydrogen-bond acceptors (Lipinski definition) is 1. The molecule has 0 unspecified atom stereocenters. The van der Waals surface area contributed by atoms with Crippen LogP contribution in [0.1, 0.15) is 11.1 Å². The van der Waals surface area contributed by atoms with Crippen LogP contribution in [0.25, 0.3) is 9.96 Å². The Morgan fingerprint density at radius 2 is 1.04 bits per heavy atom. The summed E-state index contributed by atoms with van der Waals surface area (Å²) in [7, 11) is 5.40. The molecular weight excluding hydrogens is 435 g/mol. The van der Waals surface area contributed by atoms with Gasteiger partial charge < -0.3 is 14.1 Å². The maximum atomic E-state index is 6.49. The van der Waals surface area contributed by atoms with Crippen molar-refractivity contribution in [2.75, 3.05) is 0 Å². The molecule has 0 bridgehead atoms. The summed E-state index contributed by atoms with van der Waals surface area (Å²) in [6.45, 7) is 12.7. The first-order chi connectivity index (χ1) is 12.1. The van der Waals surface area contributed by atoms with E-state index in [1.54, 1.807) is 0 Å². The normalized spacial score (nSPS) is 11.2. The number of halogens is 2. The zero-order valence-corrected chi connectivity index (χ0v) is 21.3. The van der Waals surface area contributed by atoms with Gasteiger partial charge in [-0.15, -0.1) is 11.4 Å². The van der Waals surface area contributed by atoms with Crippen LogP contribution in [0.15, 0.2) is 48.5 Å². The second kappa shape index (κ2) is 10.9. The Bertz CT molecular complexity index is 645. The van der Waals surface area contributed by atoms with Crippen LogP contribution in [0.2, 0.25) is 26.2 Å². The van der Waals surface area contributed by atoms with Crippen LogP contribution in [0.5, 0.6) is 0 Å². The van der Waals surface area contributed by atoms with Crippen molar-refractivity contribution in [1.29, 1.82) is 0 Å². The zero-order valence-electron chi connectivity index (χ0n) is 16.2. The van der Waals surface area contributed by atoms with Crippen LogP contribution >= 0.6 is 18.6 Å². The van der Waals surface area contributed by atoms with Crippen molar-refractivity contribution < 1.29 is 21.1 Å². The number of hydrogen-bond donors (Lipinski definition) is 0. The molecule has 3 nitrogen and oxygen atoms in total. The molecule has 0 aliphatic rings. The molecule has 0 aliphatic carbocycles.